The van der Waals surface area contributed by atoms with Gasteiger partial charge in [-0.1, -0.05) is 5.46 Å². The molecule has 0 aromatic carbocycles. The fraction of sp³-hybridized carbons (Fsp3) is 0.167. The summed E-state index contributed by atoms with van der Waals surface area (Å²) in [6.45, 7) is 1.59. The van der Waals surface area contributed by atoms with E-state index in [0.717, 1.165) is 0 Å². The third-order valence-electron chi connectivity index (χ3n) is 1.42. The summed E-state index contributed by atoms with van der Waals surface area (Å²) >= 11 is 0. The molecule has 54 valence electrons. The lowest BCUT2D eigenvalue weighted by Gasteiger charge is -1.98. The second-order valence-electron chi connectivity index (χ2n) is 2.13. The van der Waals surface area contributed by atoms with Crippen molar-refractivity contribution in [2.75, 3.05) is 0 Å². The van der Waals surface area contributed by atoms with E-state index >= 15 is 0 Å². The summed E-state index contributed by atoms with van der Waals surface area (Å²) in [5.41, 5.74) is 0.772. The highest BCUT2D eigenvalue weighted by molar-refractivity contribution is 6.33. The van der Waals surface area contributed by atoms with Crippen molar-refractivity contribution in [2.45, 2.75) is 6.92 Å². The number of nitro groups is 1. The molecule has 1 aromatic rings. The van der Waals surface area contributed by atoms with Crippen LogP contribution < -0.4 is 5.46 Å². The van der Waals surface area contributed by atoms with Crippen LogP contribution in [0.4, 0.5) is 5.69 Å². The molecule has 0 spiro atoms. The lowest BCUT2D eigenvalue weighted by Crippen LogP contribution is -2.10. The summed E-state index contributed by atoms with van der Waals surface area (Å²) < 4.78 is 0. The lowest BCUT2D eigenvalue weighted by atomic mass is 9.93. The van der Waals surface area contributed by atoms with Crippen molar-refractivity contribution in [1.82, 2.24) is 4.98 Å². The van der Waals surface area contributed by atoms with Crippen molar-refractivity contribution in [3.8, 4) is 0 Å². The second-order valence-corrected chi connectivity index (χ2v) is 2.13. The number of hydrogen-bond acceptors (Lipinski definition) is 3. The van der Waals surface area contributed by atoms with E-state index in [4.69, 9.17) is 7.85 Å². The van der Waals surface area contributed by atoms with E-state index in [1.807, 2.05) is 0 Å². The molecule has 1 rings (SSSR count). The largest absolute Gasteiger partial charge is 0.289 e. The molecule has 0 saturated heterocycles. The van der Waals surface area contributed by atoms with Crippen LogP contribution >= 0.6 is 0 Å². The molecule has 1 aromatic heterocycles. The van der Waals surface area contributed by atoms with Gasteiger partial charge in [-0.05, 0) is 6.92 Å². The van der Waals surface area contributed by atoms with E-state index in [1.54, 1.807) is 6.92 Å². The van der Waals surface area contributed by atoms with Crippen LogP contribution in [0.25, 0.3) is 0 Å². The van der Waals surface area contributed by atoms with Crippen molar-refractivity contribution in [3.63, 3.8) is 0 Å². The minimum absolute atomic E-state index is 0.0370. The second kappa shape index (κ2) is 2.69. The van der Waals surface area contributed by atoms with Crippen LogP contribution in [0.2, 0.25) is 0 Å². The standard InChI is InChI=1S/C6H5BN2O2/c1-4-5(7)2-8-3-6(4)9(10)11/h2-3H,1H3. The van der Waals surface area contributed by atoms with Gasteiger partial charge in [-0.3, -0.25) is 15.1 Å². The maximum Gasteiger partial charge on any atom is 0.289 e. The minimum Gasteiger partial charge on any atom is -0.258 e. The molecule has 0 amide bonds. The van der Waals surface area contributed by atoms with Gasteiger partial charge in [-0.15, -0.1) is 0 Å². The van der Waals surface area contributed by atoms with E-state index in [-0.39, 0.29) is 5.69 Å². The van der Waals surface area contributed by atoms with Gasteiger partial charge >= 0.3 is 0 Å². The SMILES string of the molecule is [B]c1cncc([N+](=O)[O-])c1C. The molecule has 2 radical (unpaired) electrons. The molecule has 0 fully saturated rings. The van der Waals surface area contributed by atoms with Gasteiger partial charge in [0.2, 0.25) is 0 Å². The first kappa shape index (κ1) is 7.72. The first-order chi connectivity index (χ1) is 5.13. The highest BCUT2D eigenvalue weighted by Crippen LogP contribution is 2.11. The molecule has 0 N–H and O–H groups in total. The van der Waals surface area contributed by atoms with Crippen molar-refractivity contribution >= 4 is 19.0 Å². The number of aromatic nitrogens is 1. The molecule has 0 unspecified atom stereocenters. The first-order valence-corrected chi connectivity index (χ1v) is 2.97. The van der Waals surface area contributed by atoms with Gasteiger partial charge in [0.25, 0.3) is 5.69 Å². The van der Waals surface area contributed by atoms with Gasteiger partial charge < -0.3 is 0 Å². The van der Waals surface area contributed by atoms with Gasteiger partial charge in [0.1, 0.15) is 14.0 Å². The Bertz CT molecular complexity index is 301. The zero-order valence-corrected chi connectivity index (χ0v) is 5.94. The molecule has 0 aliphatic carbocycles. The lowest BCUT2D eigenvalue weighted by molar-refractivity contribution is -0.385. The van der Waals surface area contributed by atoms with Gasteiger partial charge in [-0.2, -0.15) is 0 Å². The molecule has 4 nitrogen and oxygen atoms in total. The third-order valence-corrected chi connectivity index (χ3v) is 1.42. The van der Waals surface area contributed by atoms with Crippen LogP contribution in [0.15, 0.2) is 12.4 Å². The Labute approximate surface area is 64.8 Å². The van der Waals surface area contributed by atoms with Crippen LogP contribution in [0.3, 0.4) is 0 Å². The third kappa shape index (κ3) is 1.37. The maximum absolute atomic E-state index is 10.3. The van der Waals surface area contributed by atoms with Crippen LogP contribution in [0, 0.1) is 17.0 Å². The predicted molar refractivity (Wildman–Crippen MR) is 41.0 cm³/mol. The van der Waals surface area contributed by atoms with Crippen LogP contribution in [-0.2, 0) is 0 Å². The molecule has 5 heteroatoms. The number of pyridine rings is 1. The Morgan fingerprint density at radius 2 is 2.27 bits per heavy atom. The summed E-state index contributed by atoms with van der Waals surface area (Å²) in [4.78, 5) is 13.4. The predicted octanol–water partition coefficient (Wildman–Crippen LogP) is 0.0920. The van der Waals surface area contributed by atoms with Gasteiger partial charge in [-0.25, -0.2) is 0 Å². The van der Waals surface area contributed by atoms with Gasteiger partial charge in [0.15, 0.2) is 0 Å². The minimum atomic E-state index is -0.501. The zero-order valence-electron chi connectivity index (χ0n) is 5.94. The average Bonchev–Trinajstić information content (AvgIpc) is 1.94. The van der Waals surface area contributed by atoms with E-state index in [2.05, 4.69) is 4.98 Å². The fourth-order valence-corrected chi connectivity index (χ4v) is 0.714. The Morgan fingerprint density at radius 1 is 1.64 bits per heavy atom. The molecule has 0 aliphatic rings. The average molecular weight is 148 g/mol. The summed E-state index contributed by atoms with van der Waals surface area (Å²) in [6, 6.07) is 0. The summed E-state index contributed by atoms with van der Waals surface area (Å²) in [6.07, 6.45) is 2.58. The summed E-state index contributed by atoms with van der Waals surface area (Å²) in [5.74, 6) is 0. The molecule has 11 heavy (non-hydrogen) atoms. The quantitative estimate of drug-likeness (QED) is 0.322. The van der Waals surface area contributed by atoms with E-state index < -0.39 is 4.92 Å². The number of hydrogen-bond donors (Lipinski definition) is 0. The highest BCUT2D eigenvalue weighted by atomic mass is 16.6. The molecule has 0 bridgehead atoms. The normalized spacial score (nSPS) is 9.55. The van der Waals surface area contributed by atoms with E-state index in [0.29, 0.717) is 11.0 Å². The molecule has 1 heterocycles. The van der Waals surface area contributed by atoms with Crippen LogP contribution in [0.1, 0.15) is 5.56 Å². The molecule has 0 saturated carbocycles. The Hall–Kier alpha value is -1.39. The van der Waals surface area contributed by atoms with E-state index in [9.17, 15) is 10.1 Å². The molecular formula is C6H5BN2O2. The highest BCUT2D eigenvalue weighted by Gasteiger charge is 2.10. The van der Waals surface area contributed by atoms with Crippen molar-refractivity contribution in [1.29, 1.82) is 0 Å². The topological polar surface area (TPSA) is 56.0 Å². The fourth-order valence-electron chi connectivity index (χ4n) is 0.714. The van der Waals surface area contributed by atoms with Crippen molar-refractivity contribution in [2.24, 2.45) is 0 Å². The molecular weight excluding hydrogens is 143 g/mol. The van der Waals surface area contributed by atoms with Crippen LogP contribution in [0.5, 0.6) is 0 Å². The number of nitrogens with zero attached hydrogens (tertiary/aromatic N) is 2. The Morgan fingerprint density at radius 3 is 2.73 bits per heavy atom. The van der Waals surface area contributed by atoms with Crippen molar-refractivity contribution in [3.05, 3.63) is 28.1 Å². The summed E-state index contributed by atoms with van der Waals surface area (Å²) in [5, 5.41) is 10.3. The summed E-state index contributed by atoms with van der Waals surface area (Å²) in [7, 11) is 5.39. The Kier molecular flexibility index (Phi) is 1.89. The van der Waals surface area contributed by atoms with Gasteiger partial charge in [0.05, 0.1) is 4.92 Å². The Balaban J connectivity index is 3.27. The van der Waals surface area contributed by atoms with Crippen LogP contribution in [-0.4, -0.2) is 17.8 Å². The van der Waals surface area contributed by atoms with E-state index in [1.165, 1.54) is 12.4 Å². The monoisotopic (exact) mass is 148 g/mol. The number of rotatable bonds is 1. The molecule has 0 aliphatic heterocycles. The zero-order chi connectivity index (χ0) is 8.43. The van der Waals surface area contributed by atoms with Gasteiger partial charge in [0, 0.05) is 11.8 Å². The van der Waals surface area contributed by atoms with Crippen molar-refractivity contribution < 1.29 is 4.92 Å². The maximum atomic E-state index is 10.3. The molecule has 0 atom stereocenters. The first-order valence-electron chi connectivity index (χ1n) is 2.97. The smallest absolute Gasteiger partial charge is 0.258 e.